The highest BCUT2D eigenvalue weighted by atomic mass is 14.9. The van der Waals surface area contributed by atoms with Crippen LogP contribution >= 0.6 is 0 Å². The first-order valence-electron chi connectivity index (χ1n) is 5.05. The Morgan fingerprint density at radius 2 is 1.92 bits per heavy atom. The van der Waals surface area contributed by atoms with Crippen LogP contribution in [0.2, 0.25) is 0 Å². The normalized spacial score (nSPS) is 27.8. The molecule has 0 bridgehead atoms. The van der Waals surface area contributed by atoms with Crippen molar-refractivity contribution >= 4 is 0 Å². The third-order valence-electron chi connectivity index (χ3n) is 2.83. The maximum Gasteiger partial charge on any atom is 0.0323 e. The van der Waals surface area contributed by atoms with Gasteiger partial charge in [0.15, 0.2) is 0 Å². The molecule has 2 atom stereocenters. The Kier molecular flexibility index (Phi) is 2.36. The molecule has 0 aromatic heterocycles. The zero-order valence-electron chi connectivity index (χ0n) is 8.38. The zero-order valence-corrected chi connectivity index (χ0v) is 8.38. The first-order valence-corrected chi connectivity index (χ1v) is 5.05. The van der Waals surface area contributed by atoms with E-state index in [-0.39, 0.29) is 0 Å². The molecule has 1 heteroatoms. The van der Waals surface area contributed by atoms with Gasteiger partial charge in [-0.15, -0.1) is 0 Å². The highest BCUT2D eigenvalue weighted by molar-refractivity contribution is 5.24. The first-order chi connectivity index (χ1) is 6.25. The third-order valence-corrected chi connectivity index (χ3v) is 2.83. The second-order valence-electron chi connectivity index (χ2n) is 4.21. The van der Waals surface area contributed by atoms with Crippen molar-refractivity contribution in [3.05, 3.63) is 35.4 Å². The molecule has 1 N–H and O–H groups in total. The van der Waals surface area contributed by atoms with Crippen molar-refractivity contribution in [2.45, 2.75) is 26.3 Å². The van der Waals surface area contributed by atoms with Crippen LogP contribution in [0.3, 0.4) is 0 Å². The largest absolute Gasteiger partial charge is 0.310 e. The Morgan fingerprint density at radius 3 is 2.46 bits per heavy atom. The van der Waals surface area contributed by atoms with Gasteiger partial charge in [-0.2, -0.15) is 0 Å². The molecule has 1 aromatic carbocycles. The van der Waals surface area contributed by atoms with Crippen molar-refractivity contribution in [2.24, 2.45) is 5.92 Å². The average molecular weight is 175 g/mol. The number of nitrogens with one attached hydrogen (secondary N) is 1. The van der Waals surface area contributed by atoms with Gasteiger partial charge in [-0.3, -0.25) is 0 Å². The molecule has 1 fully saturated rings. The van der Waals surface area contributed by atoms with Crippen molar-refractivity contribution in [3.8, 4) is 0 Å². The van der Waals surface area contributed by atoms with E-state index in [0.717, 1.165) is 5.92 Å². The van der Waals surface area contributed by atoms with Gasteiger partial charge in [0.2, 0.25) is 0 Å². The molecule has 1 saturated heterocycles. The maximum absolute atomic E-state index is 3.54. The fraction of sp³-hybridized carbons (Fsp3) is 0.500. The van der Waals surface area contributed by atoms with Crippen LogP contribution in [0.5, 0.6) is 0 Å². The SMILES string of the molecule is Cc1ccc([C@@H]2C[C@@H](C)CN2)cc1. The van der Waals surface area contributed by atoms with Crippen LogP contribution < -0.4 is 5.32 Å². The third kappa shape index (κ3) is 1.92. The maximum atomic E-state index is 3.54. The van der Waals surface area contributed by atoms with Gasteiger partial charge >= 0.3 is 0 Å². The van der Waals surface area contributed by atoms with Crippen molar-refractivity contribution < 1.29 is 0 Å². The molecule has 0 unspecified atom stereocenters. The van der Waals surface area contributed by atoms with E-state index in [9.17, 15) is 0 Å². The Morgan fingerprint density at radius 1 is 1.23 bits per heavy atom. The fourth-order valence-corrected chi connectivity index (χ4v) is 1.97. The van der Waals surface area contributed by atoms with E-state index in [1.54, 1.807) is 0 Å². The van der Waals surface area contributed by atoms with Gasteiger partial charge in [0, 0.05) is 6.04 Å². The van der Waals surface area contributed by atoms with Crippen molar-refractivity contribution in [2.75, 3.05) is 6.54 Å². The van der Waals surface area contributed by atoms with Gasteiger partial charge in [-0.05, 0) is 31.4 Å². The van der Waals surface area contributed by atoms with Crippen LogP contribution in [-0.2, 0) is 0 Å². The van der Waals surface area contributed by atoms with Gasteiger partial charge in [0.05, 0.1) is 0 Å². The molecule has 1 aromatic rings. The Bertz CT molecular complexity index is 276. The lowest BCUT2D eigenvalue weighted by atomic mass is 10.0. The average Bonchev–Trinajstić information content (AvgIpc) is 2.53. The highest BCUT2D eigenvalue weighted by Gasteiger charge is 2.21. The summed E-state index contributed by atoms with van der Waals surface area (Å²) in [6.45, 7) is 5.61. The number of aryl methyl sites for hydroxylation is 1. The summed E-state index contributed by atoms with van der Waals surface area (Å²) < 4.78 is 0. The summed E-state index contributed by atoms with van der Waals surface area (Å²) in [4.78, 5) is 0. The number of benzene rings is 1. The van der Waals surface area contributed by atoms with E-state index in [2.05, 4.69) is 43.4 Å². The molecular weight excluding hydrogens is 158 g/mol. The van der Waals surface area contributed by atoms with Crippen LogP contribution in [0, 0.1) is 12.8 Å². The lowest BCUT2D eigenvalue weighted by Crippen LogP contribution is -2.13. The Labute approximate surface area is 80.2 Å². The van der Waals surface area contributed by atoms with Gasteiger partial charge in [-0.1, -0.05) is 36.8 Å². The minimum Gasteiger partial charge on any atom is -0.310 e. The van der Waals surface area contributed by atoms with Gasteiger partial charge < -0.3 is 5.32 Å². The molecular formula is C12H17N. The van der Waals surface area contributed by atoms with Crippen LogP contribution in [-0.4, -0.2) is 6.54 Å². The molecule has 2 rings (SSSR count). The predicted molar refractivity (Wildman–Crippen MR) is 55.7 cm³/mol. The molecule has 0 spiro atoms. The van der Waals surface area contributed by atoms with Crippen molar-refractivity contribution in [1.82, 2.24) is 5.32 Å². The van der Waals surface area contributed by atoms with E-state index >= 15 is 0 Å². The number of hydrogen-bond acceptors (Lipinski definition) is 1. The molecule has 1 heterocycles. The molecule has 1 aliphatic rings. The molecule has 0 saturated carbocycles. The van der Waals surface area contributed by atoms with Gasteiger partial charge in [0.1, 0.15) is 0 Å². The molecule has 13 heavy (non-hydrogen) atoms. The summed E-state index contributed by atoms with van der Waals surface area (Å²) in [5.74, 6) is 0.825. The summed E-state index contributed by atoms with van der Waals surface area (Å²) >= 11 is 0. The number of hydrogen-bond donors (Lipinski definition) is 1. The lowest BCUT2D eigenvalue weighted by molar-refractivity contribution is 0.612. The monoisotopic (exact) mass is 175 g/mol. The van der Waals surface area contributed by atoms with Crippen LogP contribution in [0.15, 0.2) is 24.3 Å². The summed E-state index contributed by atoms with van der Waals surface area (Å²) in [6.07, 6.45) is 1.28. The standard InChI is InChI=1S/C12H17N/c1-9-3-5-11(6-4-9)12-7-10(2)8-13-12/h3-6,10,12-13H,7-8H2,1-2H3/t10-,12+/m1/s1. The molecule has 0 radical (unpaired) electrons. The molecule has 0 amide bonds. The minimum absolute atomic E-state index is 0.593. The van der Waals surface area contributed by atoms with E-state index in [1.165, 1.54) is 24.1 Å². The van der Waals surface area contributed by atoms with E-state index in [4.69, 9.17) is 0 Å². The second kappa shape index (κ2) is 3.51. The van der Waals surface area contributed by atoms with Crippen LogP contribution in [0.25, 0.3) is 0 Å². The van der Waals surface area contributed by atoms with Crippen molar-refractivity contribution in [1.29, 1.82) is 0 Å². The highest BCUT2D eigenvalue weighted by Crippen LogP contribution is 2.26. The summed E-state index contributed by atoms with van der Waals surface area (Å²) in [6, 6.07) is 9.46. The molecule has 0 aliphatic carbocycles. The predicted octanol–water partition coefficient (Wildman–Crippen LogP) is 2.67. The topological polar surface area (TPSA) is 12.0 Å². The van der Waals surface area contributed by atoms with Crippen molar-refractivity contribution in [3.63, 3.8) is 0 Å². The first kappa shape index (κ1) is 8.76. The van der Waals surface area contributed by atoms with E-state index in [0.29, 0.717) is 6.04 Å². The summed E-state index contributed by atoms with van der Waals surface area (Å²) in [5, 5.41) is 3.54. The van der Waals surface area contributed by atoms with E-state index < -0.39 is 0 Å². The molecule has 1 nitrogen and oxygen atoms in total. The molecule has 1 aliphatic heterocycles. The van der Waals surface area contributed by atoms with E-state index in [1.807, 2.05) is 0 Å². The Balaban J connectivity index is 2.13. The second-order valence-corrected chi connectivity index (χ2v) is 4.21. The number of rotatable bonds is 1. The fourth-order valence-electron chi connectivity index (χ4n) is 1.97. The smallest absolute Gasteiger partial charge is 0.0323 e. The zero-order chi connectivity index (χ0) is 9.26. The summed E-state index contributed by atoms with van der Waals surface area (Å²) in [7, 11) is 0. The Hall–Kier alpha value is -0.820. The van der Waals surface area contributed by atoms with Crippen LogP contribution in [0.4, 0.5) is 0 Å². The van der Waals surface area contributed by atoms with Gasteiger partial charge in [0.25, 0.3) is 0 Å². The lowest BCUT2D eigenvalue weighted by Gasteiger charge is -2.10. The summed E-state index contributed by atoms with van der Waals surface area (Å²) in [5.41, 5.74) is 2.78. The van der Waals surface area contributed by atoms with Gasteiger partial charge in [-0.25, -0.2) is 0 Å². The molecule has 70 valence electrons. The van der Waals surface area contributed by atoms with Crippen LogP contribution in [0.1, 0.15) is 30.5 Å². The minimum atomic E-state index is 0.593. The quantitative estimate of drug-likeness (QED) is 0.692.